The van der Waals surface area contributed by atoms with Crippen molar-refractivity contribution in [3.63, 3.8) is 0 Å². The van der Waals surface area contributed by atoms with Crippen LogP contribution in [0.3, 0.4) is 0 Å². The Hall–Kier alpha value is -2.74. The van der Waals surface area contributed by atoms with Crippen LogP contribution in [-0.4, -0.2) is 62.0 Å². The maximum Gasteiger partial charge on any atom is 0.195 e. The molecule has 2 rings (SSSR count). The zero-order chi connectivity index (χ0) is 19.8. The third kappa shape index (κ3) is 5.62. The summed E-state index contributed by atoms with van der Waals surface area (Å²) in [5.41, 5.74) is 2.01. The minimum atomic E-state index is 0.173. The van der Waals surface area contributed by atoms with Crippen LogP contribution in [-0.2, 0) is 7.05 Å². The molecular weight excluding hydrogens is 344 g/mol. The van der Waals surface area contributed by atoms with E-state index in [1.165, 1.54) is 0 Å². The summed E-state index contributed by atoms with van der Waals surface area (Å²) in [6, 6.07) is 5.89. The molecule has 0 fully saturated rings. The zero-order valence-corrected chi connectivity index (χ0v) is 17.0. The highest BCUT2D eigenvalue weighted by Gasteiger charge is 2.16. The molecular formula is C19H30N6O2. The molecule has 8 nitrogen and oxygen atoms in total. The first kappa shape index (κ1) is 20.6. The summed E-state index contributed by atoms with van der Waals surface area (Å²) in [7, 11) is 9.39. The highest BCUT2D eigenvalue weighted by molar-refractivity contribution is 5.93. The van der Waals surface area contributed by atoms with Gasteiger partial charge in [-0.25, -0.2) is 0 Å². The number of aliphatic imine (C=N–C) groups is 1. The molecule has 0 saturated carbocycles. The van der Waals surface area contributed by atoms with Gasteiger partial charge in [0.1, 0.15) is 0 Å². The fourth-order valence-electron chi connectivity index (χ4n) is 2.74. The van der Waals surface area contributed by atoms with Gasteiger partial charge in [0, 0.05) is 44.2 Å². The summed E-state index contributed by atoms with van der Waals surface area (Å²) in [4.78, 5) is 6.46. The van der Waals surface area contributed by atoms with Gasteiger partial charge >= 0.3 is 0 Å². The van der Waals surface area contributed by atoms with Crippen LogP contribution >= 0.6 is 0 Å². The summed E-state index contributed by atoms with van der Waals surface area (Å²) < 4.78 is 12.8. The normalized spacial score (nSPS) is 12.8. The van der Waals surface area contributed by atoms with Gasteiger partial charge in [0.05, 0.1) is 26.0 Å². The van der Waals surface area contributed by atoms with Crippen molar-refractivity contribution in [2.24, 2.45) is 12.0 Å². The summed E-state index contributed by atoms with van der Waals surface area (Å²) in [5.74, 6) is 2.08. The van der Waals surface area contributed by atoms with Gasteiger partial charge in [-0.15, -0.1) is 0 Å². The fraction of sp³-hybridized carbons (Fsp3) is 0.474. The van der Waals surface area contributed by atoms with Gasteiger partial charge in [-0.05, 0) is 33.2 Å². The van der Waals surface area contributed by atoms with Gasteiger partial charge in [0.25, 0.3) is 0 Å². The highest BCUT2D eigenvalue weighted by atomic mass is 16.5. The molecule has 0 aliphatic carbocycles. The molecule has 1 atom stereocenters. The average Bonchev–Trinajstić information content (AvgIpc) is 3.07. The molecule has 0 aliphatic heterocycles. The SMILES string of the molecule is CCOc1ccc(NC(=NC)NCC(c2cnn(C)c2)N(C)C)cc1OC. The topological polar surface area (TPSA) is 75.9 Å². The molecule has 2 N–H and O–H groups in total. The van der Waals surface area contributed by atoms with Crippen LogP contribution < -0.4 is 20.1 Å². The summed E-state index contributed by atoms with van der Waals surface area (Å²) in [6.45, 7) is 3.22. The molecule has 0 spiro atoms. The van der Waals surface area contributed by atoms with E-state index in [1.807, 2.05) is 63.3 Å². The molecule has 8 heteroatoms. The predicted octanol–water partition coefficient (Wildman–Crippen LogP) is 2.12. The van der Waals surface area contributed by atoms with Crippen LogP contribution in [0.15, 0.2) is 35.6 Å². The number of hydrogen-bond acceptors (Lipinski definition) is 5. The largest absolute Gasteiger partial charge is 0.493 e. The van der Waals surface area contributed by atoms with E-state index < -0.39 is 0 Å². The number of guanidine groups is 1. The van der Waals surface area contributed by atoms with Crippen molar-refractivity contribution in [1.29, 1.82) is 0 Å². The Morgan fingerprint density at radius 2 is 2.11 bits per heavy atom. The Bertz CT molecular complexity index is 756. The average molecular weight is 374 g/mol. The van der Waals surface area contributed by atoms with Gasteiger partial charge in [-0.1, -0.05) is 0 Å². The number of rotatable bonds is 8. The molecule has 0 bridgehead atoms. The molecule has 0 amide bonds. The number of ether oxygens (including phenoxy) is 2. The molecule has 27 heavy (non-hydrogen) atoms. The van der Waals surface area contributed by atoms with Crippen molar-refractivity contribution in [3.05, 3.63) is 36.2 Å². The smallest absolute Gasteiger partial charge is 0.195 e. The molecule has 0 aliphatic rings. The van der Waals surface area contributed by atoms with Crippen molar-refractivity contribution in [1.82, 2.24) is 20.0 Å². The first-order chi connectivity index (χ1) is 13.0. The maximum atomic E-state index is 5.56. The molecule has 0 saturated heterocycles. The molecule has 1 heterocycles. The second-order valence-electron chi connectivity index (χ2n) is 6.30. The maximum absolute atomic E-state index is 5.56. The quantitative estimate of drug-likeness (QED) is 0.545. The van der Waals surface area contributed by atoms with Crippen LogP contribution in [0.25, 0.3) is 0 Å². The van der Waals surface area contributed by atoms with E-state index in [9.17, 15) is 0 Å². The van der Waals surface area contributed by atoms with Crippen LogP contribution in [0.4, 0.5) is 5.69 Å². The number of nitrogens with zero attached hydrogens (tertiary/aromatic N) is 4. The number of methoxy groups -OCH3 is 1. The van der Waals surface area contributed by atoms with Crippen molar-refractivity contribution >= 4 is 11.6 Å². The second-order valence-corrected chi connectivity index (χ2v) is 6.30. The van der Waals surface area contributed by atoms with E-state index >= 15 is 0 Å². The number of nitrogens with one attached hydrogen (secondary N) is 2. The minimum Gasteiger partial charge on any atom is -0.493 e. The number of hydrogen-bond donors (Lipinski definition) is 2. The highest BCUT2D eigenvalue weighted by Crippen LogP contribution is 2.30. The molecule has 1 unspecified atom stereocenters. The number of anilines is 1. The van der Waals surface area contributed by atoms with Crippen LogP contribution in [0.2, 0.25) is 0 Å². The third-order valence-corrected chi connectivity index (χ3v) is 4.15. The molecule has 1 aromatic heterocycles. The summed E-state index contributed by atoms with van der Waals surface area (Å²) in [6.07, 6.45) is 3.92. The van der Waals surface area contributed by atoms with Crippen LogP contribution in [0, 0.1) is 0 Å². The van der Waals surface area contributed by atoms with Gasteiger partial charge in [-0.3, -0.25) is 9.67 Å². The molecule has 148 valence electrons. The number of benzene rings is 1. The third-order valence-electron chi connectivity index (χ3n) is 4.15. The molecule has 0 radical (unpaired) electrons. The standard InChI is InChI=1S/C19H30N6O2/c1-7-27-17-9-8-15(10-18(17)26-6)23-19(20-2)21-12-16(24(3)4)14-11-22-25(5)13-14/h8-11,13,16H,7,12H2,1-6H3,(H2,20,21,23). The van der Waals surface area contributed by atoms with Crippen molar-refractivity contribution in [3.8, 4) is 11.5 Å². The van der Waals surface area contributed by atoms with E-state index in [2.05, 4.69) is 25.6 Å². The van der Waals surface area contributed by atoms with E-state index in [1.54, 1.807) is 14.2 Å². The number of aryl methyl sites for hydroxylation is 1. The van der Waals surface area contributed by atoms with Gasteiger partial charge in [0.15, 0.2) is 17.5 Å². The van der Waals surface area contributed by atoms with E-state index in [4.69, 9.17) is 9.47 Å². The Balaban J connectivity index is 2.05. The van der Waals surface area contributed by atoms with Gasteiger partial charge < -0.3 is 25.0 Å². The van der Waals surface area contributed by atoms with Crippen molar-refractivity contribution in [2.75, 3.05) is 46.7 Å². The molecule has 1 aromatic carbocycles. The zero-order valence-electron chi connectivity index (χ0n) is 17.0. The van der Waals surface area contributed by atoms with Crippen LogP contribution in [0.5, 0.6) is 11.5 Å². The number of likely N-dealkylation sites (N-methyl/N-ethyl adjacent to an activating group) is 1. The fourth-order valence-corrected chi connectivity index (χ4v) is 2.74. The molecule has 2 aromatic rings. The summed E-state index contributed by atoms with van der Waals surface area (Å²) in [5, 5.41) is 10.9. The van der Waals surface area contributed by atoms with E-state index in [0.717, 1.165) is 17.0 Å². The van der Waals surface area contributed by atoms with Crippen molar-refractivity contribution in [2.45, 2.75) is 13.0 Å². The lowest BCUT2D eigenvalue weighted by atomic mass is 10.1. The lowest BCUT2D eigenvalue weighted by Gasteiger charge is -2.24. The van der Waals surface area contributed by atoms with E-state index in [-0.39, 0.29) is 6.04 Å². The Labute approximate surface area is 161 Å². The first-order valence-corrected chi connectivity index (χ1v) is 8.92. The Morgan fingerprint density at radius 1 is 1.33 bits per heavy atom. The van der Waals surface area contributed by atoms with Gasteiger partial charge in [0.2, 0.25) is 0 Å². The lowest BCUT2D eigenvalue weighted by molar-refractivity contribution is 0.298. The van der Waals surface area contributed by atoms with Gasteiger partial charge in [-0.2, -0.15) is 5.10 Å². The Kier molecular flexibility index (Phi) is 7.48. The van der Waals surface area contributed by atoms with E-state index in [0.29, 0.717) is 24.9 Å². The van der Waals surface area contributed by atoms with Crippen molar-refractivity contribution < 1.29 is 9.47 Å². The second kappa shape index (κ2) is 9.82. The minimum absolute atomic E-state index is 0.173. The first-order valence-electron chi connectivity index (χ1n) is 8.92. The number of aromatic nitrogens is 2. The Morgan fingerprint density at radius 3 is 2.67 bits per heavy atom. The summed E-state index contributed by atoms with van der Waals surface area (Å²) >= 11 is 0. The predicted molar refractivity (Wildman–Crippen MR) is 109 cm³/mol. The monoisotopic (exact) mass is 374 g/mol. The van der Waals surface area contributed by atoms with Crippen LogP contribution in [0.1, 0.15) is 18.5 Å². The lowest BCUT2D eigenvalue weighted by Crippen LogP contribution is -2.37.